The largest absolute Gasteiger partial charge is 0.399 e. The highest BCUT2D eigenvalue weighted by Gasteiger charge is 2.09. The second-order valence-electron chi connectivity index (χ2n) is 3.79. The van der Waals surface area contributed by atoms with Crippen LogP contribution in [0.15, 0.2) is 22.7 Å². The van der Waals surface area contributed by atoms with Gasteiger partial charge in [0.25, 0.3) is 0 Å². The van der Waals surface area contributed by atoms with Gasteiger partial charge in [-0.15, -0.1) is 0 Å². The highest BCUT2D eigenvalue weighted by molar-refractivity contribution is 9.10. The summed E-state index contributed by atoms with van der Waals surface area (Å²) in [7, 11) is 0. The molecular weight excluding hydrogens is 242 g/mol. The number of nitrogens with two attached hydrogens (primary N) is 1. The zero-order valence-electron chi connectivity index (χ0n) is 8.38. The van der Waals surface area contributed by atoms with Crippen molar-refractivity contribution in [3.63, 3.8) is 0 Å². The Morgan fingerprint density at radius 1 is 1.43 bits per heavy atom. The highest BCUT2D eigenvalue weighted by atomic mass is 79.9. The van der Waals surface area contributed by atoms with Gasteiger partial charge in [0.2, 0.25) is 0 Å². The van der Waals surface area contributed by atoms with E-state index in [0.717, 1.165) is 4.47 Å². The Hall–Kier alpha value is -0.830. The minimum Gasteiger partial charge on any atom is -0.399 e. The molecule has 0 bridgehead atoms. The Bertz CT molecular complexity index is 327. The molecule has 0 aliphatic rings. The number of hydrogen-bond donors (Lipinski definition) is 1. The number of halogens is 1. The van der Waals surface area contributed by atoms with E-state index in [4.69, 9.17) is 5.73 Å². The van der Waals surface area contributed by atoms with Crippen molar-refractivity contribution in [3.8, 4) is 0 Å². The zero-order valence-corrected chi connectivity index (χ0v) is 9.97. The van der Waals surface area contributed by atoms with Crippen LogP contribution in [0, 0.1) is 5.92 Å². The zero-order chi connectivity index (χ0) is 10.7. The molecule has 1 aromatic rings. The number of Topliss-reactive ketones (excluding diaryl/α,β-unsaturated/α-hetero) is 1. The molecule has 0 unspecified atom stereocenters. The van der Waals surface area contributed by atoms with Gasteiger partial charge in [0.05, 0.1) is 0 Å². The van der Waals surface area contributed by atoms with Crippen LogP contribution in [-0.4, -0.2) is 5.78 Å². The molecule has 14 heavy (non-hydrogen) atoms. The van der Waals surface area contributed by atoms with Crippen LogP contribution in [0.1, 0.15) is 30.6 Å². The third-order valence-electron chi connectivity index (χ3n) is 1.84. The first kappa shape index (κ1) is 11.2. The summed E-state index contributed by atoms with van der Waals surface area (Å²) in [6.45, 7) is 4.05. The quantitative estimate of drug-likeness (QED) is 0.666. The lowest BCUT2D eigenvalue weighted by atomic mass is 10.0. The molecule has 0 atom stereocenters. The van der Waals surface area contributed by atoms with Crippen molar-refractivity contribution in [2.75, 3.05) is 5.73 Å². The van der Waals surface area contributed by atoms with Crippen LogP contribution in [0.25, 0.3) is 0 Å². The molecule has 76 valence electrons. The number of benzene rings is 1. The molecule has 0 aromatic heterocycles. The van der Waals surface area contributed by atoms with Crippen molar-refractivity contribution in [3.05, 3.63) is 28.2 Å². The molecule has 2 N–H and O–H groups in total. The van der Waals surface area contributed by atoms with Gasteiger partial charge in [-0.2, -0.15) is 0 Å². The van der Waals surface area contributed by atoms with E-state index in [0.29, 0.717) is 23.6 Å². The molecule has 0 spiro atoms. The van der Waals surface area contributed by atoms with Gasteiger partial charge in [-0.05, 0) is 24.1 Å². The smallest absolute Gasteiger partial charge is 0.163 e. The number of nitrogen functional groups attached to an aromatic ring is 1. The summed E-state index contributed by atoms with van der Waals surface area (Å²) >= 11 is 3.32. The van der Waals surface area contributed by atoms with E-state index < -0.39 is 0 Å². The highest BCUT2D eigenvalue weighted by Crippen LogP contribution is 2.19. The first-order chi connectivity index (χ1) is 6.49. The molecule has 0 radical (unpaired) electrons. The van der Waals surface area contributed by atoms with Crippen LogP contribution in [0.3, 0.4) is 0 Å². The molecule has 0 amide bonds. The fourth-order valence-corrected chi connectivity index (χ4v) is 1.77. The molecule has 1 rings (SSSR count). The maximum atomic E-state index is 11.7. The van der Waals surface area contributed by atoms with Gasteiger partial charge in [0.1, 0.15) is 0 Å². The van der Waals surface area contributed by atoms with Gasteiger partial charge in [0, 0.05) is 22.1 Å². The summed E-state index contributed by atoms with van der Waals surface area (Å²) in [5, 5.41) is 0. The molecule has 2 nitrogen and oxygen atoms in total. The topological polar surface area (TPSA) is 43.1 Å². The fourth-order valence-electron chi connectivity index (χ4n) is 1.26. The Kier molecular flexibility index (Phi) is 3.69. The standard InChI is InChI=1S/C11H14BrNO/c1-7(2)3-11(14)8-4-9(12)6-10(13)5-8/h4-7H,3,13H2,1-2H3. The van der Waals surface area contributed by atoms with Crippen molar-refractivity contribution in [1.29, 1.82) is 0 Å². The molecular formula is C11H14BrNO. The lowest BCUT2D eigenvalue weighted by Crippen LogP contribution is -2.04. The van der Waals surface area contributed by atoms with Crippen LogP contribution in [0.2, 0.25) is 0 Å². The summed E-state index contributed by atoms with van der Waals surface area (Å²) in [6.07, 6.45) is 0.565. The minimum absolute atomic E-state index is 0.146. The number of ketones is 1. The van der Waals surface area contributed by atoms with Crippen LogP contribution < -0.4 is 5.73 Å². The summed E-state index contributed by atoms with van der Waals surface area (Å²) in [6, 6.07) is 5.31. The first-order valence-corrected chi connectivity index (χ1v) is 5.37. The van der Waals surface area contributed by atoms with Gasteiger partial charge in [-0.3, -0.25) is 4.79 Å². The first-order valence-electron chi connectivity index (χ1n) is 4.58. The molecule has 0 saturated heterocycles. The number of carbonyl (C=O) groups excluding carboxylic acids is 1. The van der Waals surface area contributed by atoms with Gasteiger partial charge in [-0.25, -0.2) is 0 Å². The van der Waals surface area contributed by atoms with E-state index in [9.17, 15) is 4.79 Å². The second kappa shape index (κ2) is 4.60. The van der Waals surface area contributed by atoms with Gasteiger partial charge >= 0.3 is 0 Å². The molecule has 3 heteroatoms. The lowest BCUT2D eigenvalue weighted by Gasteiger charge is -2.05. The molecule has 0 heterocycles. The molecule has 0 saturated carbocycles. The third kappa shape index (κ3) is 3.14. The Labute approximate surface area is 92.6 Å². The number of anilines is 1. The Balaban J connectivity index is 2.90. The normalized spacial score (nSPS) is 10.6. The van der Waals surface area contributed by atoms with Crippen LogP contribution in [0.5, 0.6) is 0 Å². The Morgan fingerprint density at radius 3 is 2.57 bits per heavy atom. The van der Waals surface area contributed by atoms with Gasteiger partial charge < -0.3 is 5.73 Å². The summed E-state index contributed by atoms with van der Waals surface area (Å²) in [5.41, 5.74) is 6.95. The fraction of sp³-hybridized carbons (Fsp3) is 0.364. The molecule has 0 fully saturated rings. The van der Waals surface area contributed by atoms with Crippen LogP contribution in [-0.2, 0) is 0 Å². The van der Waals surface area contributed by atoms with Gasteiger partial charge in [-0.1, -0.05) is 29.8 Å². The van der Waals surface area contributed by atoms with E-state index >= 15 is 0 Å². The lowest BCUT2D eigenvalue weighted by molar-refractivity contribution is 0.0968. The van der Waals surface area contributed by atoms with Crippen molar-refractivity contribution in [2.45, 2.75) is 20.3 Å². The maximum absolute atomic E-state index is 11.7. The SMILES string of the molecule is CC(C)CC(=O)c1cc(N)cc(Br)c1. The van der Waals surface area contributed by atoms with Crippen molar-refractivity contribution in [2.24, 2.45) is 5.92 Å². The molecule has 1 aromatic carbocycles. The maximum Gasteiger partial charge on any atom is 0.163 e. The van der Waals surface area contributed by atoms with Crippen molar-refractivity contribution >= 4 is 27.4 Å². The average molecular weight is 256 g/mol. The van der Waals surface area contributed by atoms with E-state index in [-0.39, 0.29) is 5.78 Å². The summed E-state index contributed by atoms with van der Waals surface area (Å²) in [4.78, 5) is 11.7. The number of carbonyl (C=O) groups is 1. The second-order valence-corrected chi connectivity index (χ2v) is 4.71. The monoisotopic (exact) mass is 255 g/mol. The molecule has 0 aliphatic heterocycles. The number of hydrogen-bond acceptors (Lipinski definition) is 2. The minimum atomic E-state index is 0.146. The average Bonchev–Trinajstić information content (AvgIpc) is 2.00. The molecule has 0 aliphatic carbocycles. The van der Waals surface area contributed by atoms with Crippen molar-refractivity contribution < 1.29 is 4.79 Å². The van der Waals surface area contributed by atoms with Gasteiger partial charge in [0.15, 0.2) is 5.78 Å². The summed E-state index contributed by atoms with van der Waals surface area (Å²) in [5.74, 6) is 0.524. The van der Waals surface area contributed by atoms with E-state index in [2.05, 4.69) is 15.9 Å². The van der Waals surface area contributed by atoms with E-state index in [1.807, 2.05) is 13.8 Å². The van der Waals surface area contributed by atoms with Crippen LogP contribution in [0.4, 0.5) is 5.69 Å². The van der Waals surface area contributed by atoms with E-state index in [1.165, 1.54) is 0 Å². The van der Waals surface area contributed by atoms with Crippen molar-refractivity contribution in [1.82, 2.24) is 0 Å². The predicted molar refractivity (Wildman–Crippen MR) is 62.3 cm³/mol. The third-order valence-corrected chi connectivity index (χ3v) is 2.29. The summed E-state index contributed by atoms with van der Waals surface area (Å²) < 4.78 is 0.851. The van der Waals surface area contributed by atoms with E-state index in [1.54, 1.807) is 18.2 Å². The Morgan fingerprint density at radius 2 is 2.07 bits per heavy atom. The predicted octanol–water partition coefficient (Wildman–Crippen LogP) is 3.26. The number of rotatable bonds is 3. The van der Waals surface area contributed by atoms with Crippen LogP contribution >= 0.6 is 15.9 Å².